The number of rotatable bonds is 5. The molecule has 2 aromatic heterocycles. The smallest absolute Gasteiger partial charge is 0.296 e. The van der Waals surface area contributed by atoms with Gasteiger partial charge < -0.3 is 14.3 Å². The zero-order valence-corrected chi connectivity index (χ0v) is 20.3. The van der Waals surface area contributed by atoms with Crippen LogP contribution in [0.4, 0.5) is 5.13 Å². The number of carbonyl (C=O) groups excluding carboxylic acids is 2. The first-order chi connectivity index (χ1) is 17.4. The van der Waals surface area contributed by atoms with Crippen molar-refractivity contribution in [2.45, 2.75) is 6.04 Å². The van der Waals surface area contributed by atoms with Gasteiger partial charge in [-0.15, -0.1) is 0 Å². The van der Waals surface area contributed by atoms with Gasteiger partial charge in [0.05, 0.1) is 28.9 Å². The van der Waals surface area contributed by atoms with Crippen molar-refractivity contribution in [1.29, 1.82) is 0 Å². The molecule has 0 radical (unpaired) electrons. The fourth-order valence-electron chi connectivity index (χ4n) is 4.38. The van der Waals surface area contributed by atoms with Crippen LogP contribution in [-0.4, -0.2) is 28.9 Å². The molecule has 1 atom stereocenters. The number of halogens is 1. The van der Waals surface area contributed by atoms with Crippen molar-refractivity contribution < 1.29 is 23.8 Å². The van der Waals surface area contributed by atoms with Crippen molar-refractivity contribution in [2.75, 3.05) is 12.0 Å². The van der Waals surface area contributed by atoms with Crippen LogP contribution >= 0.6 is 22.9 Å². The Morgan fingerprint density at radius 3 is 2.72 bits per heavy atom. The van der Waals surface area contributed by atoms with E-state index >= 15 is 0 Å². The van der Waals surface area contributed by atoms with Gasteiger partial charge in [0.25, 0.3) is 5.91 Å². The number of methoxy groups -OCH3 is 1. The van der Waals surface area contributed by atoms with E-state index in [1.165, 1.54) is 16.2 Å². The first-order valence-electron chi connectivity index (χ1n) is 10.9. The second-order valence-electron chi connectivity index (χ2n) is 8.20. The lowest BCUT2D eigenvalue weighted by atomic mass is 9.95. The SMILES string of the molecule is COc1ccc2nc(N3C(=O)C(O)=C(C(=O)c4cc5ccccc5o4)C3c3cccc(Cl)c3)sc2c1. The highest BCUT2D eigenvalue weighted by atomic mass is 35.5. The summed E-state index contributed by atoms with van der Waals surface area (Å²) in [5.74, 6) is -1.30. The molecule has 1 amide bonds. The number of hydrogen-bond donors (Lipinski definition) is 1. The maximum Gasteiger partial charge on any atom is 0.296 e. The molecule has 1 aliphatic rings. The third-order valence-corrected chi connectivity index (χ3v) is 7.31. The summed E-state index contributed by atoms with van der Waals surface area (Å²) in [5, 5.41) is 12.5. The molecule has 0 saturated carbocycles. The summed E-state index contributed by atoms with van der Waals surface area (Å²) in [5.41, 5.74) is 1.64. The minimum absolute atomic E-state index is 0.0217. The van der Waals surface area contributed by atoms with Crippen molar-refractivity contribution in [3.05, 3.63) is 100 Å². The van der Waals surface area contributed by atoms with Gasteiger partial charge >= 0.3 is 0 Å². The number of anilines is 1. The molecule has 0 spiro atoms. The molecule has 3 aromatic carbocycles. The van der Waals surface area contributed by atoms with Crippen LogP contribution in [0.25, 0.3) is 21.2 Å². The number of Topliss-reactive ketones (excluding diaryl/α,β-unsaturated/α-hetero) is 1. The molecule has 0 aliphatic carbocycles. The van der Waals surface area contributed by atoms with Crippen LogP contribution in [-0.2, 0) is 4.79 Å². The number of aromatic nitrogens is 1. The number of carbonyl (C=O) groups is 2. The van der Waals surface area contributed by atoms with Crippen LogP contribution < -0.4 is 9.64 Å². The molecular formula is C27H17ClN2O5S. The van der Waals surface area contributed by atoms with E-state index in [2.05, 4.69) is 4.98 Å². The summed E-state index contributed by atoms with van der Waals surface area (Å²) < 4.78 is 11.9. The van der Waals surface area contributed by atoms with Crippen molar-refractivity contribution in [3.8, 4) is 5.75 Å². The van der Waals surface area contributed by atoms with E-state index in [0.29, 0.717) is 32.6 Å². The van der Waals surface area contributed by atoms with Gasteiger partial charge in [-0.3, -0.25) is 14.5 Å². The fourth-order valence-corrected chi connectivity index (χ4v) is 5.60. The lowest BCUT2D eigenvalue weighted by molar-refractivity contribution is -0.117. The Labute approximate surface area is 213 Å². The van der Waals surface area contributed by atoms with E-state index in [9.17, 15) is 14.7 Å². The molecule has 0 fully saturated rings. The van der Waals surface area contributed by atoms with Crippen molar-refractivity contribution >= 4 is 60.9 Å². The summed E-state index contributed by atoms with van der Waals surface area (Å²) in [4.78, 5) is 33.1. The number of para-hydroxylation sites is 1. The summed E-state index contributed by atoms with van der Waals surface area (Å²) in [6.45, 7) is 0. The van der Waals surface area contributed by atoms with E-state index in [-0.39, 0.29) is 11.3 Å². The Balaban J connectivity index is 1.51. The van der Waals surface area contributed by atoms with Crippen LogP contribution in [0.3, 0.4) is 0 Å². The fraction of sp³-hybridized carbons (Fsp3) is 0.0741. The molecule has 1 aliphatic heterocycles. The molecule has 1 unspecified atom stereocenters. The zero-order valence-electron chi connectivity index (χ0n) is 18.8. The predicted molar refractivity (Wildman–Crippen MR) is 138 cm³/mol. The molecule has 3 heterocycles. The first kappa shape index (κ1) is 22.3. The number of fused-ring (bicyclic) bond motifs is 2. The molecule has 7 nitrogen and oxygen atoms in total. The Morgan fingerprint density at radius 1 is 1.11 bits per heavy atom. The number of aliphatic hydroxyl groups excluding tert-OH is 1. The summed E-state index contributed by atoms with van der Waals surface area (Å²) in [7, 11) is 1.57. The minimum Gasteiger partial charge on any atom is -0.503 e. The molecule has 36 heavy (non-hydrogen) atoms. The van der Waals surface area contributed by atoms with Crippen molar-refractivity contribution in [1.82, 2.24) is 4.98 Å². The van der Waals surface area contributed by atoms with Gasteiger partial charge in [-0.2, -0.15) is 0 Å². The average molecular weight is 517 g/mol. The van der Waals surface area contributed by atoms with E-state index < -0.39 is 23.5 Å². The Kier molecular flexibility index (Phi) is 5.28. The van der Waals surface area contributed by atoms with E-state index in [0.717, 1.165) is 10.1 Å². The second kappa shape index (κ2) is 8.51. The number of ketones is 1. The lowest BCUT2D eigenvalue weighted by Crippen LogP contribution is -2.30. The van der Waals surface area contributed by atoms with Crippen molar-refractivity contribution in [2.24, 2.45) is 0 Å². The van der Waals surface area contributed by atoms with Gasteiger partial charge in [-0.1, -0.05) is 53.3 Å². The Bertz CT molecular complexity index is 1690. The highest BCUT2D eigenvalue weighted by molar-refractivity contribution is 7.22. The number of furan rings is 1. The van der Waals surface area contributed by atoms with Crippen LogP contribution in [0, 0.1) is 0 Å². The molecule has 0 saturated heterocycles. The highest BCUT2D eigenvalue weighted by Gasteiger charge is 2.46. The quantitative estimate of drug-likeness (QED) is 0.268. The van der Waals surface area contributed by atoms with Crippen LogP contribution in [0.2, 0.25) is 5.02 Å². The molecule has 0 bridgehead atoms. The van der Waals surface area contributed by atoms with E-state index in [4.69, 9.17) is 20.8 Å². The largest absolute Gasteiger partial charge is 0.503 e. The first-order valence-corrected chi connectivity index (χ1v) is 12.1. The standard InChI is InChI=1S/C27H17ClN2O5S/c1-34-17-9-10-18-21(13-17)36-27(29-18)30-23(15-6-4-7-16(28)11-15)22(25(32)26(30)33)24(31)20-12-14-5-2-3-8-19(14)35-20/h2-13,23,32H,1H3. The summed E-state index contributed by atoms with van der Waals surface area (Å²) in [6.07, 6.45) is 0. The monoisotopic (exact) mass is 516 g/mol. The van der Waals surface area contributed by atoms with Crippen LogP contribution in [0.5, 0.6) is 5.75 Å². The van der Waals surface area contributed by atoms with E-state index in [1.54, 1.807) is 61.7 Å². The number of amides is 1. The maximum atomic E-state index is 13.7. The minimum atomic E-state index is -0.959. The molecule has 9 heteroatoms. The normalized spacial score (nSPS) is 15.9. The second-order valence-corrected chi connectivity index (χ2v) is 9.65. The molecule has 5 aromatic rings. The maximum absolute atomic E-state index is 13.7. The van der Waals surface area contributed by atoms with Gasteiger partial charge in [0.2, 0.25) is 5.78 Å². The molecular weight excluding hydrogens is 500 g/mol. The number of aliphatic hydroxyl groups is 1. The van der Waals surface area contributed by atoms with Gasteiger partial charge in [0.1, 0.15) is 11.3 Å². The molecule has 1 N–H and O–H groups in total. The van der Waals surface area contributed by atoms with Gasteiger partial charge in [-0.25, -0.2) is 4.98 Å². The number of benzene rings is 3. The third-order valence-electron chi connectivity index (χ3n) is 6.06. The molecule has 6 rings (SSSR count). The third kappa shape index (κ3) is 3.54. The topological polar surface area (TPSA) is 92.9 Å². The summed E-state index contributed by atoms with van der Waals surface area (Å²) in [6, 6.07) is 20.1. The van der Waals surface area contributed by atoms with Crippen LogP contribution in [0.15, 0.2) is 88.5 Å². The average Bonchev–Trinajstić information content (AvgIpc) is 3.57. The lowest BCUT2D eigenvalue weighted by Gasteiger charge is -2.24. The predicted octanol–water partition coefficient (Wildman–Crippen LogP) is 6.49. The number of ether oxygens (including phenoxy) is 1. The van der Waals surface area contributed by atoms with Crippen molar-refractivity contribution in [3.63, 3.8) is 0 Å². The number of nitrogens with zero attached hydrogens (tertiary/aromatic N) is 2. The molecule has 178 valence electrons. The Morgan fingerprint density at radius 2 is 1.94 bits per heavy atom. The number of hydrogen-bond acceptors (Lipinski definition) is 7. The zero-order chi connectivity index (χ0) is 25.0. The summed E-state index contributed by atoms with van der Waals surface area (Å²) >= 11 is 7.53. The highest BCUT2D eigenvalue weighted by Crippen LogP contribution is 2.45. The van der Waals surface area contributed by atoms with Gasteiger partial charge in [-0.05, 0) is 48.0 Å². The van der Waals surface area contributed by atoms with Crippen LogP contribution in [0.1, 0.15) is 22.2 Å². The van der Waals surface area contributed by atoms with E-state index in [1.807, 2.05) is 18.2 Å². The van der Waals surface area contributed by atoms with Gasteiger partial charge in [0.15, 0.2) is 16.7 Å². The van der Waals surface area contributed by atoms with Gasteiger partial charge in [0, 0.05) is 10.4 Å². The Hall–Kier alpha value is -4.14. The number of thiazole rings is 1.